The Balaban J connectivity index is 2.98. The second-order valence-electron chi connectivity index (χ2n) is 3.69. The normalized spacial score (nSPS) is 12.4. The molecule has 0 radical (unpaired) electrons. The van der Waals surface area contributed by atoms with Crippen LogP contribution in [0, 0.1) is 0 Å². The van der Waals surface area contributed by atoms with Gasteiger partial charge in [-0.15, -0.1) is 0 Å². The molecule has 1 aromatic rings. The summed E-state index contributed by atoms with van der Waals surface area (Å²) >= 11 is 0. The Hall–Kier alpha value is -1.42. The van der Waals surface area contributed by atoms with Crippen molar-refractivity contribution in [2.75, 3.05) is 0 Å². The van der Waals surface area contributed by atoms with Gasteiger partial charge in [0.25, 0.3) is 0 Å². The van der Waals surface area contributed by atoms with E-state index in [-0.39, 0.29) is 5.75 Å². The molecule has 1 atom stereocenters. The third kappa shape index (κ3) is 3.62. The largest absolute Gasteiger partial charge is 0.434 e. The zero-order valence-electron chi connectivity index (χ0n) is 9.28. The molecule has 88 valence electrons. The van der Waals surface area contributed by atoms with E-state index in [0.717, 1.165) is 5.57 Å². The number of nitrogens with two attached hydrogens (primary N) is 1. The molecular weight excluding hydrogens is 212 g/mol. The molecule has 2 nitrogen and oxygen atoms in total. The van der Waals surface area contributed by atoms with Gasteiger partial charge in [0, 0.05) is 5.56 Å². The minimum atomic E-state index is -2.83. The summed E-state index contributed by atoms with van der Waals surface area (Å²) in [5, 5.41) is 0. The second kappa shape index (κ2) is 5.61. The molecule has 1 aromatic carbocycles. The summed E-state index contributed by atoms with van der Waals surface area (Å²) in [4.78, 5) is 0. The van der Waals surface area contributed by atoms with Gasteiger partial charge in [-0.1, -0.05) is 29.8 Å². The number of allylic oxidation sites excluding steroid dienone is 1. The van der Waals surface area contributed by atoms with E-state index in [1.165, 1.54) is 6.07 Å². The van der Waals surface area contributed by atoms with E-state index in [0.29, 0.717) is 5.56 Å². The van der Waals surface area contributed by atoms with Crippen LogP contribution < -0.4 is 10.5 Å². The van der Waals surface area contributed by atoms with Crippen molar-refractivity contribution < 1.29 is 13.5 Å². The number of para-hydroxylation sites is 1. The molecule has 0 aromatic heterocycles. The fraction of sp³-hybridized carbons (Fsp3) is 0.333. The monoisotopic (exact) mass is 227 g/mol. The van der Waals surface area contributed by atoms with Crippen LogP contribution in [0.5, 0.6) is 5.75 Å². The molecule has 0 spiro atoms. The standard InChI is InChI=1S/C12H15F2NO/c1-8(2)7-10(15)9-5-3-4-6-11(9)16-12(13)14/h3-7,10,12H,15H2,1-2H3. The highest BCUT2D eigenvalue weighted by atomic mass is 19.3. The first-order chi connectivity index (χ1) is 7.50. The van der Waals surface area contributed by atoms with Crippen LogP contribution >= 0.6 is 0 Å². The molecule has 4 heteroatoms. The van der Waals surface area contributed by atoms with E-state index >= 15 is 0 Å². The second-order valence-corrected chi connectivity index (χ2v) is 3.69. The average Bonchev–Trinajstić information content (AvgIpc) is 2.16. The Labute approximate surface area is 93.7 Å². The number of ether oxygens (including phenoxy) is 1. The van der Waals surface area contributed by atoms with Crippen molar-refractivity contribution in [3.63, 3.8) is 0 Å². The number of hydrogen-bond donors (Lipinski definition) is 1. The quantitative estimate of drug-likeness (QED) is 0.801. The summed E-state index contributed by atoms with van der Waals surface area (Å²) in [5.74, 6) is 0.127. The molecule has 0 heterocycles. The van der Waals surface area contributed by atoms with Gasteiger partial charge in [0.05, 0.1) is 6.04 Å². The van der Waals surface area contributed by atoms with Crippen LogP contribution in [0.4, 0.5) is 8.78 Å². The highest BCUT2D eigenvalue weighted by Crippen LogP contribution is 2.26. The lowest BCUT2D eigenvalue weighted by Crippen LogP contribution is -2.11. The Kier molecular flexibility index (Phi) is 4.43. The predicted octanol–water partition coefficient (Wildman–Crippen LogP) is 3.25. The van der Waals surface area contributed by atoms with E-state index in [4.69, 9.17) is 5.73 Å². The molecule has 0 saturated carbocycles. The van der Waals surface area contributed by atoms with Crippen molar-refractivity contribution >= 4 is 0 Å². The van der Waals surface area contributed by atoms with Crippen molar-refractivity contribution in [1.29, 1.82) is 0 Å². The highest BCUT2D eigenvalue weighted by Gasteiger charge is 2.12. The molecule has 0 saturated heterocycles. The fourth-order valence-electron chi connectivity index (χ4n) is 1.41. The van der Waals surface area contributed by atoms with Crippen LogP contribution in [0.3, 0.4) is 0 Å². The lowest BCUT2D eigenvalue weighted by Gasteiger charge is -2.14. The summed E-state index contributed by atoms with van der Waals surface area (Å²) in [6, 6.07) is 6.12. The maximum Gasteiger partial charge on any atom is 0.387 e. The topological polar surface area (TPSA) is 35.2 Å². The summed E-state index contributed by atoms with van der Waals surface area (Å²) in [6.07, 6.45) is 1.80. The average molecular weight is 227 g/mol. The van der Waals surface area contributed by atoms with Gasteiger partial charge >= 0.3 is 6.61 Å². The zero-order chi connectivity index (χ0) is 12.1. The fourth-order valence-corrected chi connectivity index (χ4v) is 1.41. The molecule has 0 aliphatic heterocycles. The third-order valence-electron chi connectivity index (χ3n) is 2.01. The number of rotatable bonds is 4. The molecular formula is C12H15F2NO. The summed E-state index contributed by atoms with van der Waals surface area (Å²) < 4.78 is 28.7. The Bertz CT molecular complexity index is 373. The van der Waals surface area contributed by atoms with E-state index in [1.54, 1.807) is 24.3 Å². The molecule has 16 heavy (non-hydrogen) atoms. The van der Waals surface area contributed by atoms with Gasteiger partial charge in [0.1, 0.15) is 5.75 Å². The van der Waals surface area contributed by atoms with Gasteiger partial charge in [0.15, 0.2) is 0 Å². The van der Waals surface area contributed by atoms with Crippen LogP contribution in [0.1, 0.15) is 25.5 Å². The van der Waals surface area contributed by atoms with Crippen LogP contribution in [0.25, 0.3) is 0 Å². The third-order valence-corrected chi connectivity index (χ3v) is 2.01. The van der Waals surface area contributed by atoms with Crippen molar-refractivity contribution in [1.82, 2.24) is 0 Å². The molecule has 0 aliphatic rings. The van der Waals surface area contributed by atoms with E-state index in [1.807, 2.05) is 13.8 Å². The Morgan fingerprint density at radius 1 is 1.31 bits per heavy atom. The predicted molar refractivity (Wildman–Crippen MR) is 59.4 cm³/mol. The lowest BCUT2D eigenvalue weighted by atomic mass is 10.0. The van der Waals surface area contributed by atoms with Gasteiger partial charge in [-0.05, 0) is 19.9 Å². The van der Waals surface area contributed by atoms with Crippen LogP contribution in [-0.4, -0.2) is 6.61 Å². The van der Waals surface area contributed by atoms with Gasteiger partial charge in [0.2, 0.25) is 0 Å². The molecule has 0 aliphatic carbocycles. The number of benzene rings is 1. The minimum absolute atomic E-state index is 0.127. The van der Waals surface area contributed by atoms with Crippen LogP contribution in [0.15, 0.2) is 35.9 Å². The molecule has 0 bridgehead atoms. The van der Waals surface area contributed by atoms with Gasteiger partial charge in [-0.25, -0.2) is 0 Å². The van der Waals surface area contributed by atoms with Gasteiger partial charge in [-0.3, -0.25) is 0 Å². The van der Waals surface area contributed by atoms with E-state index in [9.17, 15) is 8.78 Å². The van der Waals surface area contributed by atoms with E-state index in [2.05, 4.69) is 4.74 Å². The SMILES string of the molecule is CC(C)=CC(N)c1ccccc1OC(F)F. The van der Waals surface area contributed by atoms with E-state index < -0.39 is 12.7 Å². The first-order valence-corrected chi connectivity index (χ1v) is 4.95. The summed E-state index contributed by atoms with van der Waals surface area (Å²) in [5.41, 5.74) is 7.46. The number of hydrogen-bond acceptors (Lipinski definition) is 2. The summed E-state index contributed by atoms with van der Waals surface area (Å²) in [6.45, 7) is 0.965. The Morgan fingerprint density at radius 2 is 1.94 bits per heavy atom. The molecule has 0 amide bonds. The number of alkyl halides is 2. The minimum Gasteiger partial charge on any atom is -0.434 e. The van der Waals surface area contributed by atoms with Crippen LogP contribution in [0.2, 0.25) is 0 Å². The van der Waals surface area contributed by atoms with Crippen LogP contribution in [-0.2, 0) is 0 Å². The highest BCUT2D eigenvalue weighted by molar-refractivity contribution is 5.38. The van der Waals surface area contributed by atoms with Crippen molar-refractivity contribution in [3.05, 3.63) is 41.5 Å². The maximum absolute atomic E-state index is 12.1. The first kappa shape index (κ1) is 12.6. The lowest BCUT2D eigenvalue weighted by molar-refractivity contribution is -0.0505. The van der Waals surface area contributed by atoms with Gasteiger partial charge in [-0.2, -0.15) is 8.78 Å². The molecule has 1 unspecified atom stereocenters. The molecule has 2 N–H and O–H groups in total. The number of halogens is 2. The molecule has 0 fully saturated rings. The Morgan fingerprint density at radius 3 is 2.50 bits per heavy atom. The maximum atomic E-state index is 12.1. The van der Waals surface area contributed by atoms with Crippen molar-refractivity contribution in [2.24, 2.45) is 5.73 Å². The van der Waals surface area contributed by atoms with Crippen molar-refractivity contribution in [3.8, 4) is 5.75 Å². The zero-order valence-corrected chi connectivity index (χ0v) is 9.28. The van der Waals surface area contributed by atoms with Gasteiger partial charge < -0.3 is 10.5 Å². The first-order valence-electron chi connectivity index (χ1n) is 4.95. The smallest absolute Gasteiger partial charge is 0.387 e. The van der Waals surface area contributed by atoms with Crippen molar-refractivity contribution in [2.45, 2.75) is 26.5 Å². The molecule has 1 rings (SSSR count). The summed E-state index contributed by atoms with van der Waals surface area (Å²) in [7, 11) is 0.